The Hall–Kier alpha value is -2.84. The Bertz CT molecular complexity index is 1000. The van der Waals surface area contributed by atoms with Gasteiger partial charge in [0.2, 0.25) is 5.43 Å². The molecule has 0 spiro atoms. The van der Waals surface area contributed by atoms with Crippen molar-refractivity contribution >= 4 is 22.8 Å². The molecule has 0 aliphatic carbocycles. The van der Waals surface area contributed by atoms with Crippen LogP contribution < -0.4 is 5.43 Å². The molecule has 9 heteroatoms. The first kappa shape index (κ1) is 22.4. The first-order chi connectivity index (χ1) is 13.6. The van der Waals surface area contributed by atoms with E-state index >= 15 is 0 Å². The maximum absolute atomic E-state index is 14.7. The van der Waals surface area contributed by atoms with Crippen molar-refractivity contribution in [1.29, 1.82) is 0 Å². The van der Waals surface area contributed by atoms with Gasteiger partial charge in [0.25, 0.3) is 0 Å². The van der Waals surface area contributed by atoms with Crippen LogP contribution in [0.2, 0.25) is 0 Å². The third kappa shape index (κ3) is 4.44. The first-order valence-electron chi connectivity index (χ1n) is 9.20. The lowest BCUT2D eigenvalue weighted by atomic mass is 10.0. The van der Waals surface area contributed by atoms with E-state index in [0.29, 0.717) is 6.07 Å². The van der Waals surface area contributed by atoms with E-state index in [1.807, 2.05) is 0 Å². The number of rotatable bonds is 7. The fourth-order valence-corrected chi connectivity index (χ4v) is 3.03. The number of hydrogen-bond acceptors (Lipinski definition) is 5. The molecule has 0 saturated carbocycles. The van der Waals surface area contributed by atoms with Crippen molar-refractivity contribution in [2.24, 2.45) is 5.92 Å². The zero-order chi connectivity index (χ0) is 21.9. The van der Waals surface area contributed by atoms with Crippen LogP contribution >= 0.6 is 0 Å². The molecule has 2 rings (SSSR count). The van der Waals surface area contributed by atoms with E-state index in [0.717, 1.165) is 10.8 Å². The maximum Gasteiger partial charge on any atom is 0.343 e. The number of pyridine rings is 1. The third-order valence-electron chi connectivity index (χ3n) is 4.24. The summed E-state index contributed by atoms with van der Waals surface area (Å²) in [4.78, 5) is 37.4. The number of nitrogens with zero attached hydrogens (tertiary/aromatic N) is 1. The van der Waals surface area contributed by atoms with Gasteiger partial charge >= 0.3 is 11.9 Å². The lowest BCUT2D eigenvalue weighted by Crippen LogP contribution is -2.29. The van der Waals surface area contributed by atoms with E-state index in [1.165, 1.54) is 6.92 Å². The summed E-state index contributed by atoms with van der Waals surface area (Å²) in [7, 11) is 0. The molecule has 0 aliphatic heterocycles. The van der Waals surface area contributed by atoms with Gasteiger partial charge in [-0.1, -0.05) is 13.8 Å². The molecule has 0 radical (unpaired) electrons. The summed E-state index contributed by atoms with van der Waals surface area (Å²) in [5.41, 5.74) is -2.18. The van der Waals surface area contributed by atoms with Crippen LogP contribution in [0.5, 0.6) is 0 Å². The van der Waals surface area contributed by atoms with Crippen LogP contribution in [-0.4, -0.2) is 29.7 Å². The molecule has 0 aliphatic rings. The molecule has 0 amide bonds. The van der Waals surface area contributed by atoms with Crippen LogP contribution in [-0.2, 0) is 14.3 Å². The zero-order valence-electron chi connectivity index (χ0n) is 16.6. The summed E-state index contributed by atoms with van der Waals surface area (Å²) in [6, 6.07) is -0.669. The van der Waals surface area contributed by atoms with Gasteiger partial charge in [0.1, 0.15) is 11.6 Å². The van der Waals surface area contributed by atoms with Gasteiger partial charge in [-0.3, -0.25) is 4.79 Å². The lowest BCUT2D eigenvalue weighted by Gasteiger charge is -2.23. The number of fused-ring (bicyclic) bond motifs is 1. The minimum Gasteiger partial charge on any atom is -0.464 e. The van der Waals surface area contributed by atoms with E-state index < -0.39 is 57.3 Å². The number of hydrogen-bond donors (Lipinski definition) is 0. The van der Waals surface area contributed by atoms with Crippen LogP contribution in [0, 0.1) is 23.4 Å². The molecule has 1 heterocycles. The van der Waals surface area contributed by atoms with Gasteiger partial charge in [-0.15, -0.1) is 0 Å². The largest absolute Gasteiger partial charge is 0.464 e. The Kier molecular flexibility index (Phi) is 7.05. The molecule has 158 valence electrons. The highest BCUT2D eigenvalue weighted by Crippen LogP contribution is 2.28. The SMILES string of the molecule is CCOC(=O)c1cn(C(CC(C)C)C(=O)OCC)c2c(F)c(F)c(F)cc2c1=O. The Labute approximate surface area is 165 Å². The van der Waals surface area contributed by atoms with Crippen molar-refractivity contribution in [3.63, 3.8) is 0 Å². The van der Waals surface area contributed by atoms with Crippen molar-refractivity contribution < 1.29 is 32.2 Å². The number of halogens is 3. The first-order valence-corrected chi connectivity index (χ1v) is 9.20. The second kappa shape index (κ2) is 9.11. The zero-order valence-corrected chi connectivity index (χ0v) is 16.6. The molecule has 0 fully saturated rings. The minimum absolute atomic E-state index is 0.0295. The van der Waals surface area contributed by atoms with Crippen LogP contribution in [0.3, 0.4) is 0 Å². The number of esters is 2. The Morgan fingerprint density at radius 1 is 1.07 bits per heavy atom. The predicted octanol–water partition coefficient (Wildman–Crippen LogP) is 3.75. The number of carbonyl (C=O) groups excluding carboxylic acids is 2. The molecule has 1 unspecified atom stereocenters. The molecule has 0 bridgehead atoms. The molecular formula is C20H22F3NO5. The average molecular weight is 413 g/mol. The summed E-state index contributed by atoms with van der Waals surface area (Å²) >= 11 is 0. The molecule has 6 nitrogen and oxygen atoms in total. The second-order valence-corrected chi connectivity index (χ2v) is 6.78. The molecule has 1 aromatic heterocycles. The maximum atomic E-state index is 14.7. The van der Waals surface area contributed by atoms with Crippen molar-refractivity contribution in [2.45, 2.75) is 40.2 Å². The molecule has 29 heavy (non-hydrogen) atoms. The standard InChI is InChI=1S/C20H22F3NO5/c1-5-28-19(26)12-9-24(14(7-10(3)4)20(27)29-6-2)17-11(18(12)25)8-13(21)15(22)16(17)23/h8-10,14H,5-7H2,1-4H3. The van der Waals surface area contributed by atoms with Gasteiger partial charge in [-0.2, -0.15) is 0 Å². The van der Waals surface area contributed by atoms with Crippen LogP contribution in [0.1, 0.15) is 50.5 Å². The van der Waals surface area contributed by atoms with E-state index in [2.05, 4.69) is 0 Å². The number of ether oxygens (including phenoxy) is 2. The molecular weight excluding hydrogens is 391 g/mol. The van der Waals surface area contributed by atoms with Crippen molar-refractivity contribution in [1.82, 2.24) is 4.57 Å². The fraction of sp³-hybridized carbons (Fsp3) is 0.450. The Morgan fingerprint density at radius 2 is 1.69 bits per heavy atom. The van der Waals surface area contributed by atoms with Crippen molar-refractivity contribution in [3.05, 3.63) is 45.5 Å². The van der Waals surface area contributed by atoms with Gasteiger partial charge in [0, 0.05) is 6.20 Å². The van der Waals surface area contributed by atoms with E-state index in [9.17, 15) is 27.6 Å². The van der Waals surface area contributed by atoms with E-state index in [1.54, 1.807) is 20.8 Å². The highest BCUT2D eigenvalue weighted by Gasteiger charge is 2.30. The van der Waals surface area contributed by atoms with Crippen LogP contribution in [0.4, 0.5) is 13.2 Å². The average Bonchev–Trinajstić information content (AvgIpc) is 2.65. The molecule has 2 aromatic rings. The van der Waals surface area contributed by atoms with Crippen molar-refractivity contribution in [3.8, 4) is 0 Å². The smallest absolute Gasteiger partial charge is 0.343 e. The summed E-state index contributed by atoms with van der Waals surface area (Å²) in [6.07, 6.45) is 1.07. The Balaban J connectivity index is 2.94. The second-order valence-electron chi connectivity index (χ2n) is 6.78. The predicted molar refractivity (Wildman–Crippen MR) is 99.2 cm³/mol. The molecule has 1 aromatic carbocycles. The highest BCUT2D eigenvalue weighted by atomic mass is 19.2. The summed E-state index contributed by atoms with van der Waals surface area (Å²) in [5, 5.41) is -0.579. The van der Waals surface area contributed by atoms with Gasteiger partial charge in [0.15, 0.2) is 17.5 Å². The van der Waals surface area contributed by atoms with Gasteiger partial charge < -0.3 is 14.0 Å². The fourth-order valence-electron chi connectivity index (χ4n) is 3.03. The number of carbonyl (C=O) groups is 2. The number of aromatic nitrogens is 1. The lowest BCUT2D eigenvalue weighted by molar-refractivity contribution is -0.147. The summed E-state index contributed by atoms with van der Waals surface area (Å²) in [6.45, 7) is 6.66. The highest BCUT2D eigenvalue weighted by molar-refractivity contribution is 5.94. The third-order valence-corrected chi connectivity index (χ3v) is 4.24. The van der Waals surface area contributed by atoms with E-state index in [4.69, 9.17) is 9.47 Å². The van der Waals surface area contributed by atoms with Crippen LogP contribution in [0.15, 0.2) is 17.1 Å². The normalized spacial score (nSPS) is 12.3. The number of benzene rings is 1. The minimum atomic E-state index is -1.79. The summed E-state index contributed by atoms with van der Waals surface area (Å²) in [5.74, 6) is -6.88. The molecule has 0 saturated heterocycles. The Morgan fingerprint density at radius 3 is 2.24 bits per heavy atom. The summed E-state index contributed by atoms with van der Waals surface area (Å²) < 4.78 is 53.3. The molecule has 0 N–H and O–H groups in total. The molecule has 1 atom stereocenters. The van der Waals surface area contributed by atoms with E-state index in [-0.39, 0.29) is 25.6 Å². The van der Waals surface area contributed by atoms with Crippen molar-refractivity contribution in [2.75, 3.05) is 13.2 Å². The van der Waals surface area contributed by atoms with Crippen LogP contribution in [0.25, 0.3) is 10.9 Å². The van der Waals surface area contributed by atoms with Gasteiger partial charge in [0.05, 0.1) is 24.1 Å². The quantitative estimate of drug-likeness (QED) is 0.511. The van der Waals surface area contributed by atoms with Gasteiger partial charge in [-0.25, -0.2) is 22.8 Å². The monoisotopic (exact) mass is 413 g/mol. The van der Waals surface area contributed by atoms with Gasteiger partial charge in [-0.05, 0) is 32.3 Å². The topological polar surface area (TPSA) is 74.6 Å².